The third kappa shape index (κ3) is 5.20. The van der Waals surface area contributed by atoms with E-state index in [1.807, 2.05) is 43.8 Å². The molecule has 0 aromatic carbocycles. The van der Waals surface area contributed by atoms with E-state index in [1.54, 1.807) is 11.3 Å². The van der Waals surface area contributed by atoms with Crippen LogP contribution in [0.3, 0.4) is 0 Å². The smallest absolute Gasteiger partial charge is 0.320 e. The molecular weight excluding hydrogens is 348 g/mol. The van der Waals surface area contributed by atoms with Crippen molar-refractivity contribution in [3.63, 3.8) is 0 Å². The third-order valence-corrected chi connectivity index (χ3v) is 6.03. The molecule has 0 aliphatic carbocycles. The van der Waals surface area contributed by atoms with Gasteiger partial charge in [-0.1, -0.05) is 6.07 Å². The molecule has 146 valence electrons. The number of likely N-dealkylation sites (tertiary alicyclic amines) is 1. The Kier molecular flexibility index (Phi) is 7.90. The summed E-state index contributed by atoms with van der Waals surface area (Å²) in [6.45, 7) is 7.24. The zero-order chi connectivity index (χ0) is 19.1. The molecule has 1 saturated heterocycles. The van der Waals surface area contributed by atoms with Crippen LogP contribution in [0.5, 0.6) is 0 Å². The van der Waals surface area contributed by atoms with E-state index >= 15 is 0 Å². The molecule has 1 fully saturated rings. The van der Waals surface area contributed by atoms with Crippen molar-refractivity contribution in [3.8, 4) is 0 Å². The van der Waals surface area contributed by atoms with Crippen LogP contribution in [0.15, 0.2) is 17.5 Å². The molecule has 0 bridgehead atoms. The molecule has 1 aliphatic rings. The lowest BCUT2D eigenvalue weighted by Crippen LogP contribution is -2.50. The molecule has 0 saturated carbocycles. The van der Waals surface area contributed by atoms with Crippen molar-refractivity contribution < 1.29 is 9.59 Å². The fourth-order valence-electron chi connectivity index (χ4n) is 3.42. The van der Waals surface area contributed by atoms with Gasteiger partial charge < -0.3 is 20.0 Å². The first-order chi connectivity index (χ1) is 12.5. The van der Waals surface area contributed by atoms with Crippen molar-refractivity contribution in [2.45, 2.75) is 32.7 Å². The Hall–Kier alpha value is -1.60. The average Bonchev–Trinajstić information content (AvgIpc) is 3.16. The summed E-state index contributed by atoms with van der Waals surface area (Å²) in [5.41, 5.74) is 0. The minimum Gasteiger partial charge on any atom is -0.354 e. The Morgan fingerprint density at radius 2 is 2.08 bits per heavy atom. The van der Waals surface area contributed by atoms with Crippen LogP contribution in [-0.4, -0.2) is 73.5 Å². The molecule has 1 aliphatic heterocycles. The Labute approximate surface area is 161 Å². The molecule has 26 heavy (non-hydrogen) atoms. The van der Waals surface area contributed by atoms with Gasteiger partial charge in [0, 0.05) is 37.6 Å². The molecule has 3 amide bonds. The SMILES string of the molecule is CCN(CC)C(=O)N1CCC[C@H](C(=O)NC[C@H](c2cccs2)N(C)C)C1. The van der Waals surface area contributed by atoms with E-state index in [9.17, 15) is 9.59 Å². The molecule has 2 rings (SSSR count). The van der Waals surface area contributed by atoms with Gasteiger partial charge in [-0.2, -0.15) is 0 Å². The van der Waals surface area contributed by atoms with E-state index in [2.05, 4.69) is 21.7 Å². The Morgan fingerprint density at radius 3 is 2.65 bits per heavy atom. The number of hydrogen-bond acceptors (Lipinski definition) is 4. The van der Waals surface area contributed by atoms with Gasteiger partial charge >= 0.3 is 6.03 Å². The number of rotatable bonds is 7. The van der Waals surface area contributed by atoms with Crippen molar-refractivity contribution in [3.05, 3.63) is 22.4 Å². The number of hydrogen-bond donors (Lipinski definition) is 1. The van der Waals surface area contributed by atoms with E-state index in [-0.39, 0.29) is 23.9 Å². The second-order valence-corrected chi connectivity index (χ2v) is 7.96. The minimum atomic E-state index is -0.116. The first kappa shape index (κ1) is 20.7. The lowest BCUT2D eigenvalue weighted by atomic mass is 9.97. The second kappa shape index (κ2) is 9.92. The minimum absolute atomic E-state index is 0.0530. The Balaban J connectivity index is 1.91. The van der Waals surface area contributed by atoms with Gasteiger partial charge in [0.2, 0.25) is 5.91 Å². The zero-order valence-electron chi connectivity index (χ0n) is 16.4. The number of carbonyl (C=O) groups is 2. The molecule has 2 atom stereocenters. The number of nitrogens with one attached hydrogen (secondary N) is 1. The number of piperidine rings is 1. The highest BCUT2D eigenvalue weighted by Crippen LogP contribution is 2.23. The zero-order valence-corrected chi connectivity index (χ0v) is 17.2. The van der Waals surface area contributed by atoms with Crippen molar-refractivity contribution >= 4 is 23.3 Å². The Morgan fingerprint density at radius 1 is 1.35 bits per heavy atom. The molecule has 6 nitrogen and oxygen atoms in total. The van der Waals surface area contributed by atoms with Gasteiger partial charge in [0.15, 0.2) is 0 Å². The number of likely N-dealkylation sites (N-methyl/N-ethyl adjacent to an activating group) is 1. The molecule has 7 heteroatoms. The molecule has 2 heterocycles. The Bertz CT molecular complexity index is 572. The summed E-state index contributed by atoms with van der Waals surface area (Å²) in [5.74, 6) is -0.0557. The summed E-state index contributed by atoms with van der Waals surface area (Å²) in [6, 6.07) is 4.37. The van der Waals surface area contributed by atoms with Crippen LogP contribution in [0.4, 0.5) is 4.79 Å². The lowest BCUT2D eigenvalue weighted by molar-refractivity contribution is -0.126. The van der Waals surface area contributed by atoms with Gasteiger partial charge in [-0.25, -0.2) is 4.79 Å². The van der Waals surface area contributed by atoms with Crippen LogP contribution in [-0.2, 0) is 4.79 Å². The second-order valence-electron chi connectivity index (χ2n) is 6.98. The van der Waals surface area contributed by atoms with E-state index in [0.29, 0.717) is 26.2 Å². The third-order valence-electron chi connectivity index (χ3n) is 5.06. The van der Waals surface area contributed by atoms with Crippen LogP contribution in [0.25, 0.3) is 0 Å². The van der Waals surface area contributed by atoms with Crippen LogP contribution in [0, 0.1) is 5.92 Å². The summed E-state index contributed by atoms with van der Waals surface area (Å²) in [7, 11) is 4.06. The number of nitrogens with zero attached hydrogens (tertiary/aromatic N) is 3. The number of carbonyl (C=O) groups excluding carboxylic acids is 2. The quantitative estimate of drug-likeness (QED) is 0.791. The average molecular weight is 381 g/mol. The number of urea groups is 1. The fraction of sp³-hybridized carbons (Fsp3) is 0.684. The summed E-state index contributed by atoms with van der Waals surface area (Å²) in [4.78, 5) is 32.3. The number of amides is 3. The van der Waals surface area contributed by atoms with E-state index < -0.39 is 0 Å². The predicted molar refractivity (Wildman–Crippen MR) is 106 cm³/mol. The van der Waals surface area contributed by atoms with Gasteiger partial charge in [-0.15, -0.1) is 11.3 Å². The van der Waals surface area contributed by atoms with Gasteiger partial charge in [-0.3, -0.25) is 4.79 Å². The van der Waals surface area contributed by atoms with Crippen LogP contribution in [0.2, 0.25) is 0 Å². The van der Waals surface area contributed by atoms with Gasteiger partial charge in [0.25, 0.3) is 0 Å². The normalized spacial score (nSPS) is 18.7. The molecule has 0 unspecified atom stereocenters. The summed E-state index contributed by atoms with van der Waals surface area (Å²) >= 11 is 1.71. The maximum Gasteiger partial charge on any atom is 0.320 e. The van der Waals surface area contributed by atoms with Crippen molar-refractivity contribution in [1.29, 1.82) is 0 Å². The van der Waals surface area contributed by atoms with Gasteiger partial charge in [0.1, 0.15) is 0 Å². The van der Waals surface area contributed by atoms with E-state index in [1.165, 1.54) is 4.88 Å². The van der Waals surface area contributed by atoms with Gasteiger partial charge in [-0.05, 0) is 52.2 Å². The predicted octanol–water partition coefficient (Wildman–Crippen LogP) is 2.64. The lowest BCUT2D eigenvalue weighted by Gasteiger charge is -2.35. The fourth-order valence-corrected chi connectivity index (χ4v) is 4.34. The topological polar surface area (TPSA) is 55.9 Å². The first-order valence-corrected chi connectivity index (χ1v) is 10.4. The van der Waals surface area contributed by atoms with Crippen molar-refractivity contribution in [1.82, 2.24) is 20.0 Å². The molecular formula is C19H32N4O2S. The van der Waals surface area contributed by atoms with E-state index in [4.69, 9.17) is 0 Å². The molecule has 1 aromatic heterocycles. The monoisotopic (exact) mass is 380 g/mol. The number of thiophene rings is 1. The summed E-state index contributed by atoms with van der Waals surface area (Å²) in [6.07, 6.45) is 1.73. The summed E-state index contributed by atoms with van der Waals surface area (Å²) in [5, 5.41) is 5.17. The first-order valence-electron chi connectivity index (χ1n) is 9.49. The molecule has 1 aromatic rings. The van der Waals surface area contributed by atoms with Crippen LogP contribution >= 0.6 is 11.3 Å². The highest BCUT2D eigenvalue weighted by atomic mass is 32.1. The van der Waals surface area contributed by atoms with Gasteiger partial charge in [0.05, 0.1) is 12.0 Å². The largest absolute Gasteiger partial charge is 0.354 e. The highest BCUT2D eigenvalue weighted by Gasteiger charge is 2.30. The summed E-state index contributed by atoms with van der Waals surface area (Å²) < 4.78 is 0. The van der Waals surface area contributed by atoms with E-state index in [0.717, 1.165) is 19.4 Å². The van der Waals surface area contributed by atoms with Crippen molar-refractivity contribution in [2.75, 3.05) is 46.8 Å². The maximum atomic E-state index is 12.7. The van der Waals surface area contributed by atoms with Crippen LogP contribution < -0.4 is 5.32 Å². The molecule has 0 radical (unpaired) electrons. The molecule has 1 N–H and O–H groups in total. The maximum absolute atomic E-state index is 12.7. The molecule has 0 spiro atoms. The highest BCUT2D eigenvalue weighted by molar-refractivity contribution is 7.10. The van der Waals surface area contributed by atoms with Crippen molar-refractivity contribution in [2.24, 2.45) is 5.92 Å². The van der Waals surface area contributed by atoms with Crippen LogP contribution in [0.1, 0.15) is 37.6 Å². The standard InChI is InChI=1S/C19H32N4O2S/c1-5-22(6-2)19(25)23-11-7-9-15(14-23)18(24)20-13-16(21(3)4)17-10-8-12-26-17/h8,10,12,15-16H,5-7,9,11,13-14H2,1-4H3,(H,20,24)/t15-,16+/m0/s1.